The first kappa shape index (κ1) is 11.5. The van der Waals surface area contributed by atoms with Crippen LogP contribution in [0.15, 0.2) is 48.8 Å². The van der Waals surface area contributed by atoms with Crippen LogP contribution in [0.3, 0.4) is 0 Å². The number of para-hydroxylation sites is 1. The zero-order valence-electron chi connectivity index (χ0n) is 10.5. The lowest BCUT2D eigenvalue weighted by Crippen LogP contribution is -2.13. The molecule has 3 aromatic rings. The van der Waals surface area contributed by atoms with E-state index in [0.29, 0.717) is 11.4 Å². The van der Waals surface area contributed by atoms with Crippen molar-refractivity contribution in [3.05, 3.63) is 59.9 Å². The molecule has 2 heterocycles. The summed E-state index contributed by atoms with van der Waals surface area (Å²) in [7, 11) is 0. The van der Waals surface area contributed by atoms with Crippen LogP contribution in [0.5, 0.6) is 0 Å². The molecule has 0 bridgehead atoms. The molecule has 2 aromatic heterocycles. The van der Waals surface area contributed by atoms with E-state index >= 15 is 0 Å². The third-order valence-corrected chi connectivity index (χ3v) is 3.08. The average molecular weight is 251 g/mol. The predicted molar refractivity (Wildman–Crippen MR) is 75.2 cm³/mol. The van der Waals surface area contributed by atoms with Gasteiger partial charge in [-0.3, -0.25) is 4.79 Å². The predicted octanol–water partition coefficient (Wildman–Crippen LogP) is 3.12. The van der Waals surface area contributed by atoms with E-state index in [2.05, 4.69) is 15.3 Å². The van der Waals surface area contributed by atoms with Gasteiger partial charge in [0.25, 0.3) is 5.91 Å². The maximum atomic E-state index is 12.3. The van der Waals surface area contributed by atoms with Gasteiger partial charge >= 0.3 is 0 Å². The number of pyridine rings is 1. The molecule has 0 aliphatic rings. The number of aromatic nitrogens is 2. The quantitative estimate of drug-likeness (QED) is 0.735. The fraction of sp³-hybridized carbons (Fsp3) is 0.0667. The number of H-pyrrole nitrogens is 1. The molecule has 0 aliphatic heterocycles. The summed E-state index contributed by atoms with van der Waals surface area (Å²) in [5.74, 6) is 0.442. The number of carbonyl (C=O) groups excluding carboxylic acids is 1. The zero-order chi connectivity index (χ0) is 13.2. The van der Waals surface area contributed by atoms with Crippen molar-refractivity contribution in [1.82, 2.24) is 9.97 Å². The first-order chi connectivity index (χ1) is 9.25. The lowest BCUT2D eigenvalue weighted by atomic mass is 10.1. The number of carbonyl (C=O) groups is 1. The number of amides is 1. The Balaban J connectivity index is 1.95. The Hall–Kier alpha value is -2.62. The summed E-state index contributed by atoms with van der Waals surface area (Å²) in [6.45, 7) is 1.91. The van der Waals surface area contributed by atoms with E-state index in [1.807, 2.05) is 43.3 Å². The van der Waals surface area contributed by atoms with Gasteiger partial charge in [0.05, 0.1) is 5.56 Å². The van der Waals surface area contributed by atoms with Crippen LogP contribution < -0.4 is 5.32 Å². The van der Waals surface area contributed by atoms with Crippen molar-refractivity contribution in [2.24, 2.45) is 0 Å². The zero-order valence-corrected chi connectivity index (χ0v) is 10.5. The SMILES string of the molecule is Cc1cccnc1NC(=O)c1c[nH]c2ccccc12. The normalized spacial score (nSPS) is 10.6. The van der Waals surface area contributed by atoms with Crippen molar-refractivity contribution in [2.75, 3.05) is 5.32 Å². The van der Waals surface area contributed by atoms with Crippen LogP contribution in [0.25, 0.3) is 10.9 Å². The number of hydrogen-bond acceptors (Lipinski definition) is 2. The van der Waals surface area contributed by atoms with Crippen molar-refractivity contribution in [2.45, 2.75) is 6.92 Å². The second kappa shape index (κ2) is 4.57. The Labute approximate surface area is 110 Å². The summed E-state index contributed by atoms with van der Waals surface area (Å²) in [6, 6.07) is 11.5. The van der Waals surface area contributed by atoms with Gasteiger partial charge in [0.15, 0.2) is 0 Å². The molecule has 94 valence electrons. The molecule has 4 nitrogen and oxygen atoms in total. The summed E-state index contributed by atoms with van der Waals surface area (Å²) in [5.41, 5.74) is 2.52. The van der Waals surface area contributed by atoms with E-state index in [9.17, 15) is 4.79 Å². The third-order valence-electron chi connectivity index (χ3n) is 3.08. The molecule has 1 amide bonds. The van der Waals surface area contributed by atoms with Crippen LogP contribution in [0.2, 0.25) is 0 Å². The number of nitrogens with zero attached hydrogens (tertiary/aromatic N) is 1. The van der Waals surface area contributed by atoms with Crippen LogP contribution in [-0.2, 0) is 0 Å². The molecule has 0 aliphatic carbocycles. The van der Waals surface area contributed by atoms with E-state index in [-0.39, 0.29) is 5.91 Å². The third kappa shape index (κ3) is 2.08. The number of fused-ring (bicyclic) bond motifs is 1. The van der Waals surface area contributed by atoms with E-state index in [0.717, 1.165) is 16.5 Å². The maximum Gasteiger partial charge on any atom is 0.258 e. The first-order valence-electron chi connectivity index (χ1n) is 6.05. The van der Waals surface area contributed by atoms with Crippen molar-refractivity contribution >= 4 is 22.6 Å². The smallest absolute Gasteiger partial charge is 0.258 e. The van der Waals surface area contributed by atoms with E-state index in [4.69, 9.17) is 0 Å². The van der Waals surface area contributed by atoms with E-state index < -0.39 is 0 Å². The van der Waals surface area contributed by atoms with Crippen molar-refractivity contribution in [3.8, 4) is 0 Å². The molecule has 2 N–H and O–H groups in total. The minimum atomic E-state index is -0.153. The highest BCUT2D eigenvalue weighted by atomic mass is 16.1. The summed E-state index contributed by atoms with van der Waals surface area (Å²) >= 11 is 0. The highest BCUT2D eigenvalue weighted by molar-refractivity contribution is 6.12. The Morgan fingerprint density at radius 2 is 2.05 bits per heavy atom. The molecule has 3 rings (SSSR count). The Kier molecular flexibility index (Phi) is 2.76. The van der Waals surface area contributed by atoms with Crippen LogP contribution >= 0.6 is 0 Å². The highest BCUT2D eigenvalue weighted by Gasteiger charge is 2.12. The van der Waals surface area contributed by atoms with Crippen molar-refractivity contribution in [1.29, 1.82) is 0 Å². The van der Waals surface area contributed by atoms with Crippen molar-refractivity contribution in [3.63, 3.8) is 0 Å². The summed E-state index contributed by atoms with van der Waals surface area (Å²) in [6.07, 6.45) is 3.39. The average Bonchev–Trinajstić information content (AvgIpc) is 2.85. The van der Waals surface area contributed by atoms with Crippen LogP contribution in [0.4, 0.5) is 5.82 Å². The topological polar surface area (TPSA) is 57.8 Å². The molecule has 4 heteroatoms. The van der Waals surface area contributed by atoms with Gasteiger partial charge in [-0.05, 0) is 24.6 Å². The number of nitrogens with one attached hydrogen (secondary N) is 2. The van der Waals surface area contributed by atoms with Crippen LogP contribution in [0, 0.1) is 6.92 Å². The number of hydrogen-bond donors (Lipinski definition) is 2. The molecule has 1 aromatic carbocycles. The largest absolute Gasteiger partial charge is 0.360 e. The van der Waals surface area contributed by atoms with Gasteiger partial charge in [-0.2, -0.15) is 0 Å². The minimum absolute atomic E-state index is 0.153. The highest BCUT2D eigenvalue weighted by Crippen LogP contribution is 2.19. The molecular formula is C15H13N3O. The first-order valence-corrected chi connectivity index (χ1v) is 6.05. The second-order valence-corrected chi connectivity index (χ2v) is 4.37. The fourth-order valence-electron chi connectivity index (χ4n) is 2.05. The number of aromatic amines is 1. The van der Waals surface area contributed by atoms with Crippen LogP contribution in [0.1, 0.15) is 15.9 Å². The molecule has 0 saturated carbocycles. The number of benzene rings is 1. The molecule has 0 atom stereocenters. The fourth-order valence-corrected chi connectivity index (χ4v) is 2.05. The van der Waals surface area contributed by atoms with E-state index in [1.165, 1.54) is 0 Å². The molecule has 19 heavy (non-hydrogen) atoms. The van der Waals surface area contributed by atoms with Gasteiger partial charge in [-0.15, -0.1) is 0 Å². The van der Waals surface area contributed by atoms with Gasteiger partial charge in [-0.1, -0.05) is 24.3 Å². The Bertz CT molecular complexity index is 746. The van der Waals surface area contributed by atoms with Gasteiger partial charge in [0, 0.05) is 23.3 Å². The minimum Gasteiger partial charge on any atom is -0.360 e. The number of aryl methyl sites for hydroxylation is 1. The van der Waals surface area contributed by atoms with E-state index in [1.54, 1.807) is 12.4 Å². The lowest BCUT2D eigenvalue weighted by Gasteiger charge is -2.05. The Morgan fingerprint density at radius 1 is 1.21 bits per heavy atom. The maximum absolute atomic E-state index is 12.3. The summed E-state index contributed by atoms with van der Waals surface area (Å²) in [5, 5.41) is 3.75. The monoisotopic (exact) mass is 251 g/mol. The van der Waals surface area contributed by atoms with Crippen molar-refractivity contribution < 1.29 is 4.79 Å². The number of rotatable bonds is 2. The van der Waals surface area contributed by atoms with Gasteiger partial charge in [0.2, 0.25) is 0 Å². The van der Waals surface area contributed by atoms with Gasteiger partial charge in [-0.25, -0.2) is 4.98 Å². The molecule has 0 unspecified atom stereocenters. The molecule has 0 saturated heterocycles. The van der Waals surface area contributed by atoms with Gasteiger partial charge in [0.1, 0.15) is 5.82 Å². The standard InChI is InChI=1S/C15H13N3O/c1-10-5-4-8-16-14(10)18-15(19)12-9-17-13-7-3-2-6-11(12)13/h2-9,17H,1H3,(H,16,18,19). The molecule has 0 fully saturated rings. The summed E-state index contributed by atoms with van der Waals surface area (Å²) < 4.78 is 0. The molecule has 0 spiro atoms. The lowest BCUT2D eigenvalue weighted by molar-refractivity contribution is 0.102. The molecular weight excluding hydrogens is 238 g/mol. The second-order valence-electron chi connectivity index (χ2n) is 4.37. The molecule has 0 radical (unpaired) electrons. The Morgan fingerprint density at radius 3 is 2.89 bits per heavy atom. The number of anilines is 1. The van der Waals surface area contributed by atoms with Gasteiger partial charge < -0.3 is 10.3 Å². The summed E-state index contributed by atoms with van der Waals surface area (Å²) in [4.78, 5) is 19.5. The van der Waals surface area contributed by atoms with Crippen LogP contribution in [-0.4, -0.2) is 15.9 Å².